The Balaban J connectivity index is 2.02. The van der Waals surface area contributed by atoms with E-state index in [9.17, 15) is 0 Å². The number of ether oxygens (including phenoxy) is 2. The first kappa shape index (κ1) is 15.2. The highest BCUT2D eigenvalue weighted by Crippen LogP contribution is 2.36. The van der Waals surface area contributed by atoms with Crippen LogP contribution in [-0.2, 0) is 0 Å². The van der Waals surface area contributed by atoms with Crippen LogP contribution >= 0.6 is 0 Å². The van der Waals surface area contributed by atoms with E-state index in [4.69, 9.17) is 9.47 Å². The third-order valence-corrected chi connectivity index (χ3v) is 3.89. The molecule has 0 aromatic heterocycles. The first-order chi connectivity index (χ1) is 11.1. The minimum Gasteiger partial charge on any atom is -0.493 e. The molecule has 120 valence electrons. The fourth-order valence-corrected chi connectivity index (χ4v) is 2.68. The van der Waals surface area contributed by atoms with Crippen LogP contribution < -0.4 is 19.7 Å². The number of benzene rings is 2. The highest BCUT2D eigenvalue weighted by Gasteiger charge is 2.21. The van der Waals surface area contributed by atoms with Crippen molar-refractivity contribution in [3.8, 4) is 11.5 Å². The second-order valence-electron chi connectivity index (χ2n) is 5.56. The van der Waals surface area contributed by atoms with Gasteiger partial charge in [0.1, 0.15) is 12.5 Å². The lowest BCUT2D eigenvalue weighted by atomic mass is 10.1. The molecule has 0 aliphatic carbocycles. The minimum atomic E-state index is 0.594. The monoisotopic (exact) mass is 311 g/mol. The number of nitrogens with zero attached hydrogens (tertiary/aromatic N) is 2. The topological polar surface area (TPSA) is 46.1 Å². The molecule has 1 aliphatic heterocycles. The molecule has 5 nitrogen and oxygen atoms in total. The molecule has 0 amide bonds. The molecule has 0 atom stereocenters. The number of aryl methyl sites for hydroxylation is 1. The van der Waals surface area contributed by atoms with Gasteiger partial charge < -0.3 is 19.7 Å². The molecular formula is C18H21N3O2. The van der Waals surface area contributed by atoms with Crippen LogP contribution in [0.2, 0.25) is 0 Å². The molecule has 2 aromatic carbocycles. The van der Waals surface area contributed by atoms with E-state index >= 15 is 0 Å². The Morgan fingerprint density at radius 2 is 1.83 bits per heavy atom. The van der Waals surface area contributed by atoms with E-state index in [0.29, 0.717) is 12.4 Å². The number of nitrogens with one attached hydrogen (secondary N) is 1. The minimum absolute atomic E-state index is 0.594. The predicted molar refractivity (Wildman–Crippen MR) is 94.2 cm³/mol. The molecule has 0 saturated heterocycles. The molecule has 1 aliphatic rings. The fraction of sp³-hybridized carbons (Fsp3) is 0.278. The molecular weight excluding hydrogens is 290 g/mol. The summed E-state index contributed by atoms with van der Waals surface area (Å²) in [5, 5.41) is 3.41. The molecule has 23 heavy (non-hydrogen) atoms. The van der Waals surface area contributed by atoms with Gasteiger partial charge in [-0.25, -0.2) is 4.99 Å². The van der Waals surface area contributed by atoms with Gasteiger partial charge in [0.2, 0.25) is 0 Å². The number of amidine groups is 1. The molecule has 1 N–H and O–H groups in total. The van der Waals surface area contributed by atoms with Crippen LogP contribution in [0.5, 0.6) is 11.5 Å². The Hall–Kier alpha value is -2.69. The summed E-state index contributed by atoms with van der Waals surface area (Å²) >= 11 is 0. The van der Waals surface area contributed by atoms with Crippen molar-refractivity contribution in [3.05, 3.63) is 47.5 Å². The van der Waals surface area contributed by atoms with Gasteiger partial charge in [0.25, 0.3) is 0 Å². The van der Waals surface area contributed by atoms with E-state index in [-0.39, 0.29) is 0 Å². The third-order valence-electron chi connectivity index (χ3n) is 3.89. The zero-order valence-corrected chi connectivity index (χ0v) is 13.9. The highest BCUT2D eigenvalue weighted by molar-refractivity contribution is 6.13. The summed E-state index contributed by atoms with van der Waals surface area (Å²) in [5.41, 5.74) is 4.29. The van der Waals surface area contributed by atoms with Crippen molar-refractivity contribution >= 4 is 17.2 Å². The summed E-state index contributed by atoms with van der Waals surface area (Å²) in [6.07, 6.45) is 0. The lowest BCUT2D eigenvalue weighted by Gasteiger charge is -2.28. The molecule has 0 saturated carbocycles. The molecule has 0 bridgehead atoms. The van der Waals surface area contributed by atoms with Crippen molar-refractivity contribution in [1.29, 1.82) is 0 Å². The SMILES string of the molecule is COc1cc2c(cc1OC)N(C)CN=C2Nc1cccc(C)c1. The van der Waals surface area contributed by atoms with Crippen molar-refractivity contribution in [2.45, 2.75) is 6.92 Å². The van der Waals surface area contributed by atoms with Gasteiger partial charge in [0, 0.05) is 24.4 Å². The van der Waals surface area contributed by atoms with Crippen molar-refractivity contribution in [3.63, 3.8) is 0 Å². The van der Waals surface area contributed by atoms with Crippen LogP contribution in [0.15, 0.2) is 41.4 Å². The van der Waals surface area contributed by atoms with Crippen molar-refractivity contribution in [2.75, 3.05) is 38.2 Å². The van der Waals surface area contributed by atoms with Crippen LogP contribution in [0.3, 0.4) is 0 Å². The fourth-order valence-electron chi connectivity index (χ4n) is 2.68. The first-order valence-corrected chi connectivity index (χ1v) is 7.48. The number of rotatable bonds is 3. The Morgan fingerprint density at radius 3 is 2.52 bits per heavy atom. The van der Waals surface area contributed by atoms with Gasteiger partial charge in [-0.1, -0.05) is 12.1 Å². The summed E-state index contributed by atoms with van der Waals surface area (Å²) in [4.78, 5) is 6.72. The van der Waals surface area contributed by atoms with Crippen LogP contribution in [0.25, 0.3) is 0 Å². The molecule has 0 spiro atoms. The van der Waals surface area contributed by atoms with Crippen molar-refractivity contribution in [2.24, 2.45) is 4.99 Å². The lowest BCUT2D eigenvalue weighted by molar-refractivity contribution is 0.355. The largest absolute Gasteiger partial charge is 0.493 e. The number of hydrogen-bond donors (Lipinski definition) is 1. The summed E-state index contributed by atoms with van der Waals surface area (Å²) in [7, 11) is 5.30. The first-order valence-electron chi connectivity index (χ1n) is 7.48. The summed E-state index contributed by atoms with van der Waals surface area (Å²) in [6.45, 7) is 2.67. The molecule has 0 unspecified atom stereocenters. The maximum absolute atomic E-state index is 5.43. The van der Waals surface area contributed by atoms with Crippen molar-refractivity contribution in [1.82, 2.24) is 0 Å². The van der Waals surface area contributed by atoms with Gasteiger partial charge in [0.15, 0.2) is 11.5 Å². The van der Waals surface area contributed by atoms with Crippen LogP contribution in [-0.4, -0.2) is 33.8 Å². The molecule has 2 aromatic rings. The Morgan fingerprint density at radius 1 is 1.09 bits per heavy atom. The van der Waals surface area contributed by atoms with E-state index < -0.39 is 0 Å². The number of hydrogen-bond acceptors (Lipinski definition) is 5. The highest BCUT2D eigenvalue weighted by atomic mass is 16.5. The quantitative estimate of drug-likeness (QED) is 0.945. The number of aliphatic imine (C=N–C) groups is 1. The zero-order chi connectivity index (χ0) is 16.4. The number of anilines is 2. The van der Waals surface area contributed by atoms with Gasteiger partial charge in [-0.15, -0.1) is 0 Å². The maximum Gasteiger partial charge on any atom is 0.162 e. The average molecular weight is 311 g/mol. The van der Waals surface area contributed by atoms with E-state index in [2.05, 4.69) is 34.3 Å². The Labute approximate surface area is 136 Å². The average Bonchev–Trinajstić information content (AvgIpc) is 2.56. The predicted octanol–water partition coefficient (Wildman–Crippen LogP) is 3.28. The second-order valence-corrected chi connectivity index (χ2v) is 5.56. The van der Waals surface area contributed by atoms with Gasteiger partial charge >= 0.3 is 0 Å². The maximum atomic E-state index is 5.43. The molecule has 3 rings (SSSR count). The van der Waals surface area contributed by atoms with Gasteiger partial charge in [-0.2, -0.15) is 0 Å². The molecule has 1 heterocycles. The van der Waals surface area contributed by atoms with Gasteiger partial charge in [-0.05, 0) is 30.7 Å². The normalized spacial score (nSPS) is 13.2. The Bertz CT molecular complexity index is 756. The molecule has 0 radical (unpaired) electrons. The van der Waals surface area contributed by atoms with Gasteiger partial charge in [0.05, 0.1) is 19.9 Å². The van der Waals surface area contributed by atoms with E-state index in [0.717, 1.165) is 28.5 Å². The van der Waals surface area contributed by atoms with E-state index in [1.807, 2.05) is 31.3 Å². The zero-order valence-electron chi connectivity index (χ0n) is 13.9. The summed E-state index contributed by atoms with van der Waals surface area (Å²) in [5.74, 6) is 2.25. The second kappa shape index (κ2) is 6.20. The third kappa shape index (κ3) is 2.95. The Kier molecular flexibility index (Phi) is 4.10. The molecule has 0 fully saturated rings. The number of fused-ring (bicyclic) bond motifs is 1. The summed E-state index contributed by atoms with van der Waals surface area (Å²) < 4.78 is 10.8. The molecule has 5 heteroatoms. The van der Waals surface area contributed by atoms with E-state index in [1.165, 1.54) is 5.56 Å². The number of methoxy groups -OCH3 is 2. The smallest absolute Gasteiger partial charge is 0.162 e. The standard InChI is InChI=1S/C18H21N3O2/c1-12-6-5-7-13(8-12)20-18-14-9-16(22-3)17(23-4)10-15(14)21(2)11-19-18/h5-10H,11H2,1-4H3,(H,19,20). The van der Waals surface area contributed by atoms with Gasteiger partial charge in [-0.3, -0.25) is 0 Å². The summed E-state index contributed by atoms with van der Waals surface area (Å²) in [6, 6.07) is 12.2. The van der Waals surface area contributed by atoms with Crippen LogP contribution in [0.4, 0.5) is 11.4 Å². The van der Waals surface area contributed by atoms with E-state index in [1.54, 1.807) is 14.2 Å². The van der Waals surface area contributed by atoms with Crippen LogP contribution in [0.1, 0.15) is 11.1 Å². The van der Waals surface area contributed by atoms with Crippen molar-refractivity contribution < 1.29 is 9.47 Å². The lowest BCUT2D eigenvalue weighted by Crippen LogP contribution is -2.29. The van der Waals surface area contributed by atoms with Crippen LogP contribution in [0, 0.1) is 6.92 Å².